The molecule has 98 valence electrons. The Labute approximate surface area is 111 Å². The maximum Gasteiger partial charge on any atom is 0.328 e. The van der Waals surface area contributed by atoms with Crippen molar-refractivity contribution in [2.24, 2.45) is 0 Å². The monoisotopic (exact) mass is 266 g/mol. The second-order valence-electron chi connectivity index (χ2n) is 4.65. The zero-order valence-electron chi connectivity index (χ0n) is 10.5. The molecule has 1 aromatic rings. The lowest BCUT2D eigenvalue weighted by molar-refractivity contribution is -0.131. The van der Waals surface area contributed by atoms with Crippen molar-refractivity contribution in [3.63, 3.8) is 0 Å². The molecule has 5 heteroatoms. The third-order valence-electron chi connectivity index (χ3n) is 3.25. The Morgan fingerprint density at radius 1 is 1.67 bits per heavy atom. The minimum Gasteiger partial charge on any atom is -0.478 e. The van der Waals surface area contributed by atoms with Crippen molar-refractivity contribution in [1.29, 1.82) is 0 Å². The molecule has 0 radical (unpaired) electrons. The van der Waals surface area contributed by atoms with Gasteiger partial charge in [-0.25, -0.2) is 9.78 Å². The van der Waals surface area contributed by atoms with Crippen LogP contribution in [0.4, 0.5) is 0 Å². The minimum absolute atomic E-state index is 0.626. The van der Waals surface area contributed by atoms with Crippen molar-refractivity contribution >= 4 is 23.4 Å². The Hall–Kier alpha value is -1.20. The molecular formula is C13H18N2O2S. The molecule has 0 aromatic carbocycles. The van der Waals surface area contributed by atoms with Crippen molar-refractivity contribution in [3.05, 3.63) is 22.2 Å². The number of thiazole rings is 1. The normalized spacial score (nSPS) is 21.5. The second-order valence-corrected chi connectivity index (χ2v) is 5.60. The molecule has 1 aliphatic heterocycles. The SMILES string of the molecule is CC1CCCCN1Cc1nc(/C=C/C(=O)O)cs1. The largest absolute Gasteiger partial charge is 0.478 e. The molecule has 18 heavy (non-hydrogen) atoms. The van der Waals surface area contributed by atoms with E-state index < -0.39 is 5.97 Å². The smallest absolute Gasteiger partial charge is 0.328 e. The molecule has 1 saturated heterocycles. The highest BCUT2D eigenvalue weighted by molar-refractivity contribution is 7.09. The van der Waals surface area contributed by atoms with Crippen molar-refractivity contribution in [2.75, 3.05) is 6.54 Å². The number of piperidine rings is 1. The van der Waals surface area contributed by atoms with Gasteiger partial charge in [-0.15, -0.1) is 11.3 Å². The van der Waals surface area contributed by atoms with Crippen LogP contribution in [0.2, 0.25) is 0 Å². The summed E-state index contributed by atoms with van der Waals surface area (Å²) in [5.41, 5.74) is 0.738. The summed E-state index contributed by atoms with van der Waals surface area (Å²) in [4.78, 5) is 17.3. The molecule has 0 aliphatic carbocycles. The van der Waals surface area contributed by atoms with E-state index in [1.165, 1.54) is 19.3 Å². The van der Waals surface area contributed by atoms with Crippen molar-refractivity contribution in [3.8, 4) is 0 Å². The van der Waals surface area contributed by atoms with Gasteiger partial charge in [-0.3, -0.25) is 4.90 Å². The minimum atomic E-state index is -0.936. The van der Waals surface area contributed by atoms with Gasteiger partial charge >= 0.3 is 5.97 Å². The summed E-state index contributed by atoms with van der Waals surface area (Å²) in [6, 6.07) is 0.626. The Morgan fingerprint density at radius 3 is 3.22 bits per heavy atom. The molecule has 1 aromatic heterocycles. The second kappa shape index (κ2) is 6.11. The third kappa shape index (κ3) is 3.65. The molecule has 0 spiro atoms. The van der Waals surface area contributed by atoms with Crippen LogP contribution in [0.5, 0.6) is 0 Å². The highest BCUT2D eigenvalue weighted by Crippen LogP contribution is 2.21. The Balaban J connectivity index is 1.95. The quantitative estimate of drug-likeness (QED) is 0.851. The average Bonchev–Trinajstić information content (AvgIpc) is 2.77. The zero-order chi connectivity index (χ0) is 13.0. The number of nitrogens with zero attached hydrogens (tertiary/aromatic N) is 2. The number of carboxylic acid groups (broad SMARTS) is 1. The molecule has 1 atom stereocenters. The maximum absolute atomic E-state index is 10.4. The lowest BCUT2D eigenvalue weighted by atomic mass is 10.0. The number of rotatable bonds is 4. The highest BCUT2D eigenvalue weighted by Gasteiger charge is 2.19. The Kier molecular flexibility index (Phi) is 4.49. The van der Waals surface area contributed by atoms with E-state index in [-0.39, 0.29) is 0 Å². The first-order chi connectivity index (χ1) is 8.65. The third-order valence-corrected chi connectivity index (χ3v) is 4.10. The molecule has 2 heterocycles. The first kappa shape index (κ1) is 13.2. The molecule has 1 fully saturated rings. The van der Waals surface area contributed by atoms with Gasteiger partial charge in [0.1, 0.15) is 5.01 Å². The van der Waals surface area contributed by atoms with E-state index in [0.29, 0.717) is 6.04 Å². The molecule has 0 amide bonds. The number of aromatic nitrogens is 1. The first-order valence-corrected chi connectivity index (χ1v) is 7.12. The fourth-order valence-electron chi connectivity index (χ4n) is 2.20. The van der Waals surface area contributed by atoms with Gasteiger partial charge in [0.2, 0.25) is 0 Å². The molecule has 1 aliphatic rings. The van der Waals surface area contributed by atoms with E-state index in [0.717, 1.165) is 29.9 Å². The summed E-state index contributed by atoms with van der Waals surface area (Å²) >= 11 is 1.60. The summed E-state index contributed by atoms with van der Waals surface area (Å²) in [5, 5.41) is 11.5. The topological polar surface area (TPSA) is 53.4 Å². The van der Waals surface area contributed by atoms with E-state index in [1.807, 2.05) is 5.38 Å². The molecule has 0 bridgehead atoms. The fourth-order valence-corrected chi connectivity index (χ4v) is 2.98. The van der Waals surface area contributed by atoms with Crippen molar-refractivity contribution in [2.45, 2.75) is 38.8 Å². The van der Waals surface area contributed by atoms with Crippen LogP contribution in [-0.2, 0) is 11.3 Å². The van der Waals surface area contributed by atoms with Gasteiger partial charge < -0.3 is 5.11 Å². The van der Waals surface area contributed by atoms with Crippen LogP contribution >= 0.6 is 11.3 Å². The summed E-state index contributed by atoms with van der Waals surface area (Å²) in [6.45, 7) is 4.28. The van der Waals surface area contributed by atoms with Crippen molar-refractivity contribution < 1.29 is 9.90 Å². The lowest BCUT2D eigenvalue weighted by Gasteiger charge is -2.32. The number of likely N-dealkylation sites (tertiary alicyclic amines) is 1. The van der Waals surface area contributed by atoms with Crippen LogP contribution in [0, 0.1) is 0 Å². The molecule has 4 nitrogen and oxygen atoms in total. The summed E-state index contributed by atoms with van der Waals surface area (Å²) in [5.74, 6) is -0.936. The molecule has 0 saturated carbocycles. The van der Waals surface area contributed by atoms with Gasteiger partial charge in [-0.1, -0.05) is 6.42 Å². The van der Waals surface area contributed by atoms with Gasteiger partial charge in [0.15, 0.2) is 0 Å². The van der Waals surface area contributed by atoms with Crippen LogP contribution < -0.4 is 0 Å². The number of carboxylic acids is 1. The predicted molar refractivity (Wildman–Crippen MR) is 72.5 cm³/mol. The van der Waals surface area contributed by atoms with E-state index >= 15 is 0 Å². The van der Waals surface area contributed by atoms with E-state index in [2.05, 4.69) is 16.8 Å². The summed E-state index contributed by atoms with van der Waals surface area (Å²) in [7, 11) is 0. The van der Waals surface area contributed by atoms with Crippen LogP contribution in [0.1, 0.15) is 36.9 Å². The van der Waals surface area contributed by atoms with Crippen molar-refractivity contribution in [1.82, 2.24) is 9.88 Å². The van der Waals surface area contributed by atoms with E-state index in [1.54, 1.807) is 17.4 Å². The van der Waals surface area contributed by atoms with Gasteiger partial charge in [-0.2, -0.15) is 0 Å². The molecule has 1 N–H and O–H groups in total. The maximum atomic E-state index is 10.4. The predicted octanol–water partition coefficient (Wildman–Crippen LogP) is 2.62. The zero-order valence-corrected chi connectivity index (χ0v) is 11.3. The molecule has 2 rings (SSSR count). The number of carbonyl (C=O) groups is 1. The van der Waals surface area contributed by atoms with Crippen LogP contribution in [-0.4, -0.2) is 33.5 Å². The summed E-state index contributed by atoms with van der Waals surface area (Å²) in [6.07, 6.45) is 6.52. The van der Waals surface area contributed by atoms with Gasteiger partial charge in [0.05, 0.1) is 12.2 Å². The van der Waals surface area contributed by atoms with Crippen LogP contribution in [0.15, 0.2) is 11.5 Å². The van der Waals surface area contributed by atoms with E-state index in [9.17, 15) is 4.79 Å². The Bertz CT molecular complexity index is 442. The summed E-state index contributed by atoms with van der Waals surface area (Å²) < 4.78 is 0. The lowest BCUT2D eigenvalue weighted by Crippen LogP contribution is -2.36. The van der Waals surface area contributed by atoms with Crippen LogP contribution in [0.3, 0.4) is 0 Å². The van der Waals surface area contributed by atoms with Gasteiger partial charge in [0, 0.05) is 17.5 Å². The molecular weight excluding hydrogens is 248 g/mol. The van der Waals surface area contributed by atoms with Crippen LogP contribution in [0.25, 0.3) is 6.08 Å². The first-order valence-electron chi connectivity index (χ1n) is 6.24. The molecule has 1 unspecified atom stereocenters. The Morgan fingerprint density at radius 2 is 2.50 bits per heavy atom. The fraction of sp³-hybridized carbons (Fsp3) is 0.538. The number of hydrogen-bond donors (Lipinski definition) is 1. The average molecular weight is 266 g/mol. The number of aliphatic carboxylic acids is 1. The van der Waals surface area contributed by atoms with Gasteiger partial charge in [-0.05, 0) is 32.4 Å². The van der Waals surface area contributed by atoms with E-state index in [4.69, 9.17) is 5.11 Å². The number of hydrogen-bond acceptors (Lipinski definition) is 4. The van der Waals surface area contributed by atoms with Gasteiger partial charge in [0.25, 0.3) is 0 Å². The standard InChI is InChI=1S/C13H18N2O2S/c1-10-4-2-3-7-15(10)8-12-14-11(9-18-12)5-6-13(16)17/h5-6,9-10H,2-4,7-8H2,1H3,(H,16,17)/b6-5+. The highest BCUT2D eigenvalue weighted by atomic mass is 32.1.